The summed E-state index contributed by atoms with van der Waals surface area (Å²) in [4.78, 5) is 16.3. The molecule has 108 valence electrons. The average molecular weight is 286 g/mol. The number of benzene rings is 1. The number of phenols is 1. The van der Waals surface area contributed by atoms with Crippen LogP contribution in [-0.2, 0) is 9.53 Å². The quantitative estimate of drug-likeness (QED) is 0.812. The van der Waals surface area contributed by atoms with Crippen molar-refractivity contribution in [3.63, 3.8) is 0 Å². The van der Waals surface area contributed by atoms with Crippen molar-refractivity contribution in [1.82, 2.24) is 14.8 Å². The summed E-state index contributed by atoms with van der Waals surface area (Å²) in [6.07, 6.45) is 1.41. The van der Waals surface area contributed by atoms with Gasteiger partial charge in [0, 0.05) is 5.70 Å². The number of aromatic nitrogens is 3. The Balaban J connectivity index is 2.20. The molecule has 3 rings (SSSR count). The third kappa shape index (κ3) is 2.12. The molecule has 2 aromatic rings. The van der Waals surface area contributed by atoms with E-state index in [1.807, 2.05) is 6.07 Å². The number of nitrogens with zero attached hydrogens (tertiary/aromatic N) is 3. The molecule has 2 N–H and O–H groups in total. The number of nitrogens with one attached hydrogen (secondary N) is 1. The summed E-state index contributed by atoms with van der Waals surface area (Å²) in [6.45, 7) is 1.78. The second-order valence-electron chi connectivity index (χ2n) is 4.68. The Morgan fingerprint density at radius 3 is 3.00 bits per heavy atom. The smallest absolute Gasteiger partial charge is 0.338 e. The number of carbonyl (C=O) groups is 1. The van der Waals surface area contributed by atoms with Crippen LogP contribution in [0.25, 0.3) is 0 Å². The lowest BCUT2D eigenvalue weighted by Crippen LogP contribution is -2.29. The lowest BCUT2D eigenvalue weighted by Gasteiger charge is -2.27. The highest BCUT2D eigenvalue weighted by atomic mass is 16.5. The molecule has 1 aliphatic rings. The van der Waals surface area contributed by atoms with Crippen LogP contribution in [0.4, 0.5) is 5.95 Å². The van der Waals surface area contributed by atoms with Crippen LogP contribution in [0.2, 0.25) is 0 Å². The van der Waals surface area contributed by atoms with Gasteiger partial charge in [-0.2, -0.15) is 10.1 Å². The summed E-state index contributed by atoms with van der Waals surface area (Å²) >= 11 is 0. The molecule has 0 amide bonds. The predicted octanol–water partition coefficient (Wildman–Crippen LogP) is 1.45. The van der Waals surface area contributed by atoms with Crippen molar-refractivity contribution in [2.75, 3.05) is 12.4 Å². The minimum absolute atomic E-state index is 0.120. The Morgan fingerprint density at radius 2 is 2.29 bits per heavy atom. The molecule has 0 aliphatic carbocycles. The van der Waals surface area contributed by atoms with E-state index >= 15 is 0 Å². The number of ether oxygens (including phenoxy) is 1. The van der Waals surface area contributed by atoms with Gasteiger partial charge in [-0.15, -0.1) is 0 Å². The van der Waals surface area contributed by atoms with Crippen molar-refractivity contribution in [3.8, 4) is 5.75 Å². The number of fused-ring (bicyclic) bond motifs is 1. The van der Waals surface area contributed by atoms with E-state index in [0.717, 1.165) is 5.56 Å². The van der Waals surface area contributed by atoms with Gasteiger partial charge in [0.25, 0.3) is 0 Å². The highest BCUT2D eigenvalue weighted by Gasteiger charge is 2.34. The van der Waals surface area contributed by atoms with Gasteiger partial charge in [-0.25, -0.2) is 9.48 Å². The van der Waals surface area contributed by atoms with Crippen molar-refractivity contribution in [2.24, 2.45) is 0 Å². The summed E-state index contributed by atoms with van der Waals surface area (Å²) in [6, 6.07) is 6.20. The second kappa shape index (κ2) is 4.93. The van der Waals surface area contributed by atoms with Gasteiger partial charge < -0.3 is 15.2 Å². The largest absolute Gasteiger partial charge is 0.508 e. The average Bonchev–Trinajstić information content (AvgIpc) is 2.92. The maximum Gasteiger partial charge on any atom is 0.338 e. The Morgan fingerprint density at radius 1 is 1.48 bits per heavy atom. The minimum Gasteiger partial charge on any atom is -0.508 e. The van der Waals surface area contributed by atoms with Crippen LogP contribution in [0.5, 0.6) is 5.75 Å². The van der Waals surface area contributed by atoms with Crippen LogP contribution < -0.4 is 5.32 Å². The molecule has 1 aromatic carbocycles. The molecule has 1 unspecified atom stereocenters. The molecule has 0 bridgehead atoms. The molecule has 1 atom stereocenters. The summed E-state index contributed by atoms with van der Waals surface area (Å²) in [5.41, 5.74) is 1.81. The summed E-state index contributed by atoms with van der Waals surface area (Å²) in [7, 11) is 1.33. The number of esters is 1. The zero-order chi connectivity index (χ0) is 15.0. The molecule has 0 radical (unpaired) electrons. The molecule has 2 heterocycles. The fraction of sp³-hybridized carbons (Fsp3) is 0.214. The minimum atomic E-state index is -0.497. The molecule has 7 heteroatoms. The number of carbonyl (C=O) groups excluding carboxylic acids is 1. The molecule has 1 aromatic heterocycles. The SMILES string of the molecule is COC(=O)C1=C(C)Nc2ncnn2C1c1cccc(O)c1. The Bertz CT molecular complexity index is 735. The molecule has 0 saturated heterocycles. The van der Waals surface area contributed by atoms with Gasteiger partial charge in [0.2, 0.25) is 5.95 Å². The number of rotatable bonds is 2. The predicted molar refractivity (Wildman–Crippen MR) is 74.6 cm³/mol. The number of hydrogen-bond acceptors (Lipinski definition) is 6. The van der Waals surface area contributed by atoms with E-state index in [9.17, 15) is 9.90 Å². The normalized spacial score (nSPS) is 17.1. The molecule has 1 aliphatic heterocycles. The lowest BCUT2D eigenvalue weighted by molar-refractivity contribution is -0.136. The number of hydrogen-bond donors (Lipinski definition) is 2. The van der Waals surface area contributed by atoms with Gasteiger partial charge in [-0.3, -0.25) is 0 Å². The van der Waals surface area contributed by atoms with Crippen LogP contribution in [-0.4, -0.2) is 33.0 Å². The van der Waals surface area contributed by atoms with Crippen molar-refractivity contribution >= 4 is 11.9 Å². The van der Waals surface area contributed by atoms with Crippen molar-refractivity contribution < 1.29 is 14.6 Å². The maximum atomic E-state index is 12.1. The van der Waals surface area contributed by atoms with Gasteiger partial charge in [0.1, 0.15) is 18.1 Å². The standard InChI is InChI=1S/C14H14N4O3/c1-8-11(13(20)21-2)12(9-4-3-5-10(19)6-9)18-14(17-8)15-7-16-18/h3-7,12,19H,1-2H3,(H,15,16,17). The first-order chi connectivity index (χ1) is 10.1. The zero-order valence-corrected chi connectivity index (χ0v) is 11.6. The first-order valence-electron chi connectivity index (χ1n) is 6.36. The second-order valence-corrected chi connectivity index (χ2v) is 4.68. The van der Waals surface area contributed by atoms with Crippen LogP contribution in [0.15, 0.2) is 41.9 Å². The van der Waals surface area contributed by atoms with E-state index < -0.39 is 12.0 Å². The van der Waals surface area contributed by atoms with Gasteiger partial charge in [0.15, 0.2) is 0 Å². The first kappa shape index (κ1) is 13.2. The van der Waals surface area contributed by atoms with Crippen LogP contribution in [0.1, 0.15) is 18.5 Å². The molecule has 0 spiro atoms. The summed E-state index contributed by atoms with van der Waals surface area (Å²) in [5, 5.41) is 16.9. The number of allylic oxidation sites excluding steroid dienone is 1. The van der Waals surface area contributed by atoms with Crippen molar-refractivity contribution in [1.29, 1.82) is 0 Å². The fourth-order valence-corrected chi connectivity index (χ4v) is 2.47. The first-order valence-corrected chi connectivity index (χ1v) is 6.36. The number of anilines is 1. The fourth-order valence-electron chi connectivity index (χ4n) is 2.47. The zero-order valence-electron chi connectivity index (χ0n) is 11.6. The topological polar surface area (TPSA) is 89.3 Å². The van der Waals surface area contributed by atoms with Crippen LogP contribution in [0, 0.1) is 0 Å². The van der Waals surface area contributed by atoms with E-state index in [1.54, 1.807) is 29.8 Å². The van der Waals surface area contributed by atoms with Gasteiger partial charge in [-0.05, 0) is 24.6 Å². The third-order valence-electron chi connectivity index (χ3n) is 3.39. The van der Waals surface area contributed by atoms with Gasteiger partial charge in [-0.1, -0.05) is 12.1 Å². The molecule has 0 fully saturated rings. The summed E-state index contributed by atoms with van der Waals surface area (Å²) in [5.74, 6) is 0.206. The van der Waals surface area contributed by atoms with Crippen molar-refractivity contribution in [3.05, 3.63) is 47.4 Å². The van der Waals surface area contributed by atoms with Crippen molar-refractivity contribution in [2.45, 2.75) is 13.0 Å². The number of aromatic hydroxyl groups is 1. The van der Waals surface area contributed by atoms with Gasteiger partial charge in [0.05, 0.1) is 12.7 Å². The molecule has 0 saturated carbocycles. The van der Waals surface area contributed by atoms with E-state index in [2.05, 4.69) is 15.4 Å². The van der Waals surface area contributed by atoms with Gasteiger partial charge >= 0.3 is 5.97 Å². The van der Waals surface area contributed by atoms with E-state index in [-0.39, 0.29) is 5.75 Å². The van der Waals surface area contributed by atoms with Crippen LogP contribution >= 0.6 is 0 Å². The molecule has 21 heavy (non-hydrogen) atoms. The lowest BCUT2D eigenvalue weighted by atomic mass is 9.95. The van der Waals surface area contributed by atoms with E-state index in [1.165, 1.54) is 13.4 Å². The monoisotopic (exact) mass is 286 g/mol. The Kier molecular flexibility index (Phi) is 3.09. The highest BCUT2D eigenvalue weighted by molar-refractivity contribution is 5.92. The Hall–Kier alpha value is -2.83. The Labute approximate surface area is 120 Å². The van der Waals surface area contributed by atoms with E-state index in [0.29, 0.717) is 17.2 Å². The van der Waals surface area contributed by atoms with E-state index in [4.69, 9.17) is 4.74 Å². The molecular formula is C14H14N4O3. The molecule has 7 nitrogen and oxygen atoms in total. The third-order valence-corrected chi connectivity index (χ3v) is 3.39. The maximum absolute atomic E-state index is 12.1. The summed E-state index contributed by atoms with van der Waals surface area (Å²) < 4.78 is 6.46. The van der Waals surface area contributed by atoms with Crippen LogP contribution in [0.3, 0.4) is 0 Å². The number of methoxy groups -OCH3 is 1. The highest BCUT2D eigenvalue weighted by Crippen LogP contribution is 2.35. The molecular weight excluding hydrogens is 272 g/mol. The number of phenolic OH excluding ortho intramolecular Hbond substituents is 1.